The highest BCUT2D eigenvalue weighted by molar-refractivity contribution is 6.30. The lowest BCUT2D eigenvalue weighted by Crippen LogP contribution is -2.41. The van der Waals surface area contributed by atoms with Crippen LogP contribution >= 0.6 is 11.6 Å². The molecule has 2 aliphatic rings. The minimum absolute atomic E-state index is 0.242. The Bertz CT molecular complexity index is 511. The van der Waals surface area contributed by atoms with Gasteiger partial charge in [-0.15, -0.1) is 0 Å². The summed E-state index contributed by atoms with van der Waals surface area (Å²) in [5.41, 5.74) is 3.00. The Hall–Kier alpha value is -1.46. The Labute approximate surface area is 124 Å². The van der Waals surface area contributed by atoms with Crippen LogP contribution in [-0.4, -0.2) is 49.3 Å². The number of hydrogen-bond donors (Lipinski definition) is 1. The van der Waals surface area contributed by atoms with Gasteiger partial charge in [0.05, 0.1) is 18.8 Å². The summed E-state index contributed by atoms with van der Waals surface area (Å²) in [4.78, 5) is 12.0. The van der Waals surface area contributed by atoms with Crippen molar-refractivity contribution in [1.29, 1.82) is 0 Å². The van der Waals surface area contributed by atoms with E-state index in [0.717, 1.165) is 22.0 Å². The molecule has 0 aromatic heterocycles. The van der Waals surface area contributed by atoms with Crippen LogP contribution in [0.15, 0.2) is 34.2 Å². The zero-order chi connectivity index (χ0) is 14.9. The van der Waals surface area contributed by atoms with Crippen molar-refractivity contribution < 1.29 is 9.53 Å². The van der Waals surface area contributed by atoms with Crippen molar-refractivity contribution >= 4 is 17.6 Å². The number of hydrazine groups is 1. The normalized spacial score (nSPS) is 23.4. The van der Waals surface area contributed by atoms with Crippen molar-refractivity contribution in [1.82, 2.24) is 15.3 Å². The summed E-state index contributed by atoms with van der Waals surface area (Å²) in [6.45, 7) is 4.83. The lowest BCUT2D eigenvalue weighted by molar-refractivity contribution is -0.150. The fraction of sp³-hybridized carbons (Fsp3) is 0.500. The first kappa shape index (κ1) is 14.9. The van der Waals surface area contributed by atoms with Gasteiger partial charge in [0.1, 0.15) is 6.04 Å². The minimum Gasteiger partial charge on any atom is -0.465 e. The van der Waals surface area contributed by atoms with Crippen LogP contribution in [0.25, 0.3) is 0 Å². The van der Waals surface area contributed by atoms with Crippen LogP contribution in [0.3, 0.4) is 0 Å². The van der Waals surface area contributed by atoms with Gasteiger partial charge in [0.2, 0.25) is 0 Å². The Kier molecular flexibility index (Phi) is 4.40. The molecule has 0 aromatic carbocycles. The molecule has 0 saturated carbocycles. The van der Waals surface area contributed by atoms with Crippen LogP contribution in [0.5, 0.6) is 0 Å². The third-order valence-corrected chi connectivity index (χ3v) is 3.81. The lowest BCUT2D eigenvalue weighted by Gasteiger charge is -2.29. The number of dihydropyridines is 1. The number of hydrogen-bond acceptors (Lipinski definition) is 5. The summed E-state index contributed by atoms with van der Waals surface area (Å²) >= 11 is 6.10. The summed E-state index contributed by atoms with van der Waals surface area (Å²) < 4.78 is 5.10. The molecule has 2 heterocycles. The average Bonchev–Trinajstić information content (AvgIpc) is 2.70. The average molecular weight is 298 g/mol. The van der Waals surface area contributed by atoms with Gasteiger partial charge in [-0.25, -0.2) is 9.80 Å². The second-order valence-corrected chi connectivity index (χ2v) is 5.31. The van der Waals surface area contributed by atoms with Crippen LogP contribution in [0.4, 0.5) is 0 Å². The summed E-state index contributed by atoms with van der Waals surface area (Å²) in [6.07, 6.45) is 3.85. The van der Waals surface area contributed by atoms with Gasteiger partial charge in [0, 0.05) is 30.4 Å². The predicted molar refractivity (Wildman–Crippen MR) is 78.7 cm³/mol. The van der Waals surface area contributed by atoms with E-state index < -0.39 is 6.04 Å². The first-order valence-electron chi connectivity index (χ1n) is 6.61. The summed E-state index contributed by atoms with van der Waals surface area (Å²) in [6, 6.07) is -0.399. The number of esters is 1. The Morgan fingerprint density at radius 3 is 2.90 bits per heavy atom. The van der Waals surface area contributed by atoms with E-state index in [1.54, 1.807) is 6.92 Å². The fourth-order valence-electron chi connectivity index (χ4n) is 2.33. The van der Waals surface area contributed by atoms with Gasteiger partial charge in [0.25, 0.3) is 0 Å². The van der Waals surface area contributed by atoms with E-state index in [4.69, 9.17) is 16.3 Å². The number of rotatable bonds is 3. The summed E-state index contributed by atoms with van der Waals surface area (Å²) in [5, 5.41) is 7.78. The molecule has 2 aliphatic heterocycles. The summed E-state index contributed by atoms with van der Waals surface area (Å²) in [5.74, 6) is -0.242. The van der Waals surface area contributed by atoms with Crippen molar-refractivity contribution in [3.8, 4) is 0 Å². The molecule has 0 aromatic rings. The first-order chi connectivity index (χ1) is 9.45. The van der Waals surface area contributed by atoms with E-state index in [-0.39, 0.29) is 5.97 Å². The van der Waals surface area contributed by atoms with E-state index in [2.05, 4.69) is 5.32 Å². The van der Waals surface area contributed by atoms with Gasteiger partial charge >= 0.3 is 5.97 Å². The third-order valence-electron chi connectivity index (χ3n) is 3.57. The van der Waals surface area contributed by atoms with Crippen molar-refractivity contribution in [2.75, 3.05) is 27.2 Å². The van der Waals surface area contributed by atoms with Gasteiger partial charge < -0.3 is 15.1 Å². The molecule has 0 radical (unpaired) electrons. The number of likely N-dealkylation sites (N-methyl/N-ethyl adjacent to an activating group) is 2. The maximum absolute atomic E-state index is 12.0. The number of halogens is 1. The third kappa shape index (κ3) is 2.69. The van der Waals surface area contributed by atoms with Gasteiger partial charge in [0.15, 0.2) is 0 Å². The molecular weight excluding hydrogens is 278 g/mol. The van der Waals surface area contributed by atoms with Gasteiger partial charge in [-0.05, 0) is 26.0 Å². The van der Waals surface area contributed by atoms with E-state index in [0.29, 0.717) is 13.2 Å². The number of allylic oxidation sites excluding steroid dienone is 2. The lowest BCUT2D eigenvalue weighted by atomic mass is 10.1. The molecule has 20 heavy (non-hydrogen) atoms. The van der Waals surface area contributed by atoms with Crippen molar-refractivity contribution in [2.45, 2.75) is 19.9 Å². The van der Waals surface area contributed by atoms with E-state index in [1.807, 2.05) is 43.2 Å². The molecule has 1 N–H and O–H groups in total. The van der Waals surface area contributed by atoms with Crippen LogP contribution in [0.1, 0.15) is 13.8 Å². The SMILES string of the molecule is CCOC(=O)C1C=C(C2=C(C)NCC(Cl)=C2)N(C)N1C. The number of ether oxygens (including phenoxy) is 1. The highest BCUT2D eigenvalue weighted by atomic mass is 35.5. The largest absolute Gasteiger partial charge is 0.465 e. The monoisotopic (exact) mass is 297 g/mol. The molecule has 0 aliphatic carbocycles. The van der Waals surface area contributed by atoms with E-state index in [9.17, 15) is 4.79 Å². The maximum atomic E-state index is 12.0. The Balaban J connectivity index is 2.32. The molecule has 5 nitrogen and oxygen atoms in total. The predicted octanol–water partition coefficient (Wildman–Crippen LogP) is 1.59. The number of nitrogens with one attached hydrogen (secondary N) is 1. The second-order valence-electron chi connectivity index (χ2n) is 4.83. The van der Waals surface area contributed by atoms with Gasteiger partial charge in [-0.2, -0.15) is 0 Å². The first-order valence-corrected chi connectivity index (χ1v) is 6.99. The second kappa shape index (κ2) is 5.89. The highest BCUT2D eigenvalue weighted by Crippen LogP contribution is 2.30. The quantitative estimate of drug-likeness (QED) is 0.802. The van der Waals surface area contributed by atoms with Crippen molar-refractivity contribution in [3.05, 3.63) is 34.2 Å². The maximum Gasteiger partial charge on any atom is 0.329 e. The molecule has 1 atom stereocenters. The minimum atomic E-state index is -0.399. The topological polar surface area (TPSA) is 44.8 Å². The number of nitrogens with zero attached hydrogens (tertiary/aromatic N) is 2. The molecule has 2 rings (SSSR count). The molecule has 110 valence electrons. The number of carbonyl (C=O) groups is 1. The Morgan fingerprint density at radius 1 is 1.55 bits per heavy atom. The molecule has 0 spiro atoms. The van der Waals surface area contributed by atoms with Gasteiger partial charge in [-0.3, -0.25) is 0 Å². The van der Waals surface area contributed by atoms with Gasteiger partial charge in [-0.1, -0.05) is 11.6 Å². The van der Waals surface area contributed by atoms with Crippen LogP contribution in [0, 0.1) is 0 Å². The molecule has 1 unspecified atom stereocenters. The smallest absolute Gasteiger partial charge is 0.329 e. The molecule has 6 heteroatoms. The van der Waals surface area contributed by atoms with Crippen molar-refractivity contribution in [2.24, 2.45) is 0 Å². The van der Waals surface area contributed by atoms with E-state index >= 15 is 0 Å². The van der Waals surface area contributed by atoms with Crippen LogP contribution in [-0.2, 0) is 9.53 Å². The van der Waals surface area contributed by atoms with Crippen molar-refractivity contribution in [3.63, 3.8) is 0 Å². The fourth-order valence-corrected chi connectivity index (χ4v) is 2.50. The zero-order valence-corrected chi connectivity index (χ0v) is 13.0. The Morgan fingerprint density at radius 2 is 2.25 bits per heavy atom. The van der Waals surface area contributed by atoms with Crippen LogP contribution in [0.2, 0.25) is 0 Å². The molecular formula is C14H20ClN3O2. The molecule has 0 bridgehead atoms. The molecule has 0 amide bonds. The summed E-state index contributed by atoms with van der Waals surface area (Å²) in [7, 11) is 3.78. The van der Waals surface area contributed by atoms with E-state index in [1.165, 1.54) is 0 Å². The number of carbonyl (C=O) groups excluding carboxylic acids is 1. The molecule has 0 fully saturated rings. The molecule has 0 saturated heterocycles. The highest BCUT2D eigenvalue weighted by Gasteiger charge is 2.34. The standard InChI is InChI=1S/C14H20ClN3O2/c1-5-20-14(19)13-7-12(17(3)18(13)4)11-6-10(15)8-16-9(11)2/h6-7,13,16H,5,8H2,1-4H3. The zero-order valence-electron chi connectivity index (χ0n) is 12.2. The van der Waals surface area contributed by atoms with Crippen LogP contribution < -0.4 is 5.32 Å².